The van der Waals surface area contributed by atoms with Crippen molar-refractivity contribution in [3.8, 4) is 0 Å². The molecule has 14 heavy (non-hydrogen) atoms. The molecule has 0 bridgehead atoms. The molecule has 1 aromatic rings. The number of hydrogen-bond donors (Lipinski definition) is 1. The SMILES string of the molecule is Nc1nc(C=O)c2c(n1)CCCCC2. The molecule has 0 amide bonds. The molecule has 0 spiro atoms. The molecule has 4 nitrogen and oxygen atoms in total. The zero-order chi connectivity index (χ0) is 9.97. The van der Waals surface area contributed by atoms with E-state index in [-0.39, 0.29) is 5.95 Å². The molecule has 0 saturated carbocycles. The maximum Gasteiger partial charge on any atom is 0.220 e. The average molecular weight is 191 g/mol. The molecule has 0 saturated heterocycles. The molecule has 2 N–H and O–H groups in total. The third-order valence-electron chi connectivity index (χ3n) is 2.59. The first-order valence-electron chi connectivity index (χ1n) is 4.91. The van der Waals surface area contributed by atoms with Crippen LogP contribution in [0.1, 0.15) is 41.0 Å². The molecule has 1 aromatic heterocycles. The van der Waals surface area contributed by atoms with Crippen molar-refractivity contribution < 1.29 is 4.79 Å². The van der Waals surface area contributed by atoms with Gasteiger partial charge in [0.05, 0.1) is 0 Å². The summed E-state index contributed by atoms with van der Waals surface area (Å²) in [5, 5.41) is 0. The topological polar surface area (TPSA) is 68.9 Å². The maximum absolute atomic E-state index is 10.8. The number of rotatable bonds is 1. The van der Waals surface area contributed by atoms with Gasteiger partial charge in [-0.25, -0.2) is 9.97 Å². The summed E-state index contributed by atoms with van der Waals surface area (Å²) >= 11 is 0. The van der Waals surface area contributed by atoms with Gasteiger partial charge in [-0.05, 0) is 25.7 Å². The van der Waals surface area contributed by atoms with Gasteiger partial charge in [-0.15, -0.1) is 0 Å². The van der Waals surface area contributed by atoms with Crippen molar-refractivity contribution in [3.63, 3.8) is 0 Å². The van der Waals surface area contributed by atoms with Crippen LogP contribution < -0.4 is 5.73 Å². The molecule has 1 aliphatic rings. The molecule has 1 aliphatic carbocycles. The van der Waals surface area contributed by atoms with E-state index in [2.05, 4.69) is 9.97 Å². The average Bonchev–Trinajstić information content (AvgIpc) is 2.41. The van der Waals surface area contributed by atoms with E-state index in [9.17, 15) is 4.79 Å². The molecule has 0 unspecified atom stereocenters. The fourth-order valence-corrected chi connectivity index (χ4v) is 1.92. The van der Waals surface area contributed by atoms with Gasteiger partial charge >= 0.3 is 0 Å². The number of fused-ring (bicyclic) bond motifs is 1. The molecule has 0 radical (unpaired) electrons. The number of carbonyl (C=O) groups excluding carboxylic acids is 1. The number of aldehydes is 1. The molecule has 4 heteroatoms. The second kappa shape index (κ2) is 3.74. The Hall–Kier alpha value is -1.45. The van der Waals surface area contributed by atoms with Gasteiger partial charge in [0.15, 0.2) is 6.29 Å². The molecule has 74 valence electrons. The number of anilines is 1. The van der Waals surface area contributed by atoms with Crippen molar-refractivity contribution in [1.29, 1.82) is 0 Å². The fraction of sp³-hybridized carbons (Fsp3) is 0.500. The molecule has 0 fully saturated rings. The van der Waals surface area contributed by atoms with Gasteiger partial charge in [-0.2, -0.15) is 0 Å². The largest absolute Gasteiger partial charge is 0.368 e. The smallest absolute Gasteiger partial charge is 0.220 e. The van der Waals surface area contributed by atoms with E-state index in [1.165, 1.54) is 6.42 Å². The number of nitrogens with two attached hydrogens (primary N) is 1. The van der Waals surface area contributed by atoms with E-state index in [4.69, 9.17) is 5.73 Å². The van der Waals surface area contributed by atoms with Crippen molar-refractivity contribution in [1.82, 2.24) is 9.97 Å². The Morgan fingerprint density at radius 3 is 2.71 bits per heavy atom. The summed E-state index contributed by atoms with van der Waals surface area (Å²) in [6.45, 7) is 0. The van der Waals surface area contributed by atoms with E-state index in [1.54, 1.807) is 0 Å². The third kappa shape index (κ3) is 1.60. The minimum Gasteiger partial charge on any atom is -0.368 e. The summed E-state index contributed by atoms with van der Waals surface area (Å²) in [5.41, 5.74) is 7.98. The van der Waals surface area contributed by atoms with Crippen molar-refractivity contribution >= 4 is 12.2 Å². The summed E-state index contributed by atoms with van der Waals surface area (Å²) in [5.74, 6) is 0.216. The first-order chi connectivity index (χ1) is 6.81. The van der Waals surface area contributed by atoms with Gasteiger partial charge < -0.3 is 5.73 Å². The summed E-state index contributed by atoms with van der Waals surface area (Å²) in [7, 11) is 0. The highest BCUT2D eigenvalue weighted by molar-refractivity contribution is 5.75. The van der Waals surface area contributed by atoms with Crippen LogP contribution in [-0.4, -0.2) is 16.3 Å². The van der Waals surface area contributed by atoms with Crippen molar-refractivity contribution in [2.75, 3.05) is 5.73 Å². The Morgan fingerprint density at radius 1 is 1.14 bits per heavy atom. The lowest BCUT2D eigenvalue weighted by Crippen LogP contribution is -2.08. The Balaban J connectivity index is 2.51. The first kappa shape index (κ1) is 9.12. The lowest BCUT2D eigenvalue weighted by molar-refractivity contribution is 0.111. The predicted molar refractivity (Wildman–Crippen MR) is 53.1 cm³/mol. The normalized spacial score (nSPS) is 15.7. The Kier molecular flexibility index (Phi) is 2.43. The highest BCUT2D eigenvalue weighted by atomic mass is 16.1. The van der Waals surface area contributed by atoms with Crippen LogP contribution in [0.5, 0.6) is 0 Å². The second-order valence-corrected chi connectivity index (χ2v) is 3.57. The number of aromatic nitrogens is 2. The van der Waals surface area contributed by atoms with Gasteiger partial charge in [-0.3, -0.25) is 4.79 Å². The molecule has 0 aromatic carbocycles. The number of nitrogen functional groups attached to an aromatic ring is 1. The minimum atomic E-state index is 0.216. The van der Waals surface area contributed by atoms with Crippen LogP contribution in [0.3, 0.4) is 0 Å². The van der Waals surface area contributed by atoms with Gasteiger partial charge in [0, 0.05) is 11.3 Å². The van der Waals surface area contributed by atoms with E-state index in [0.29, 0.717) is 5.69 Å². The standard InChI is InChI=1S/C10H13N3O/c11-10-12-8-5-3-1-2-4-7(8)9(6-14)13-10/h6H,1-5H2,(H2,11,12,13). The Morgan fingerprint density at radius 2 is 1.93 bits per heavy atom. The van der Waals surface area contributed by atoms with Gasteiger partial charge in [0.1, 0.15) is 5.69 Å². The molecular weight excluding hydrogens is 178 g/mol. The molecular formula is C10H13N3O. The lowest BCUT2D eigenvalue weighted by Gasteiger charge is -2.06. The predicted octanol–water partition coefficient (Wildman–Crippen LogP) is 1.14. The maximum atomic E-state index is 10.8. The van der Waals surface area contributed by atoms with E-state index >= 15 is 0 Å². The van der Waals surface area contributed by atoms with Crippen LogP contribution in [0, 0.1) is 0 Å². The first-order valence-corrected chi connectivity index (χ1v) is 4.91. The van der Waals surface area contributed by atoms with Crippen LogP contribution in [0.4, 0.5) is 5.95 Å². The van der Waals surface area contributed by atoms with E-state index < -0.39 is 0 Å². The second-order valence-electron chi connectivity index (χ2n) is 3.57. The monoisotopic (exact) mass is 191 g/mol. The van der Waals surface area contributed by atoms with Gasteiger partial charge in [0.25, 0.3) is 0 Å². The number of nitrogens with zero attached hydrogens (tertiary/aromatic N) is 2. The van der Waals surface area contributed by atoms with Gasteiger partial charge in [-0.1, -0.05) is 6.42 Å². The molecule has 0 aliphatic heterocycles. The number of aryl methyl sites for hydroxylation is 1. The van der Waals surface area contributed by atoms with E-state index in [0.717, 1.165) is 43.2 Å². The highest BCUT2D eigenvalue weighted by Crippen LogP contribution is 2.21. The molecule has 1 heterocycles. The van der Waals surface area contributed by atoms with Crippen LogP contribution in [0.25, 0.3) is 0 Å². The number of hydrogen-bond acceptors (Lipinski definition) is 4. The molecule has 0 atom stereocenters. The fourth-order valence-electron chi connectivity index (χ4n) is 1.92. The molecule has 2 rings (SSSR count). The quantitative estimate of drug-likeness (QED) is 0.534. The van der Waals surface area contributed by atoms with Crippen LogP contribution in [0.2, 0.25) is 0 Å². The Bertz CT molecular complexity index is 363. The lowest BCUT2D eigenvalue weighted by atomic mass is 10.1. The van der Waals surface area contributed by atoms with Crippen molar-refractivity contribution in [2.24, 2.45) is 0 Å². The third-order valence-corrected chi connectivity index (χ3v) is 2.59. The Labute approximate surface area is 82.6 Å². The van der Waals surface area contributed by atoms with Crippen molar-refractivity contribution in [3.05, 3.63) is 17.0 Å². The van der Waals surface area contributed by atoms with Crippen LogP contribution in [0.15, 0.2) is 0 Å². The summed E-state index contributed by atoms with van der Waals surface area (Å²) in [4.78, 5) is 18.9. The van der Waals surface area contributed by atoms with E-state index in [1.807, 2.05) is 0 Å². The van der Waals surface area contributed by atoms with Gasteiger partial charge in [0.2, 0.25) is 5.95 Å². The van der Waals surface area contributed by atoms with Crippen LogP contribution >= 0.6 is 0 Å². The zero-order valence-electron chi connectivity index (χ0n) is 7.99. The van der Waals surface area contributed by atoms with Crippen LogP contribution in [-0.2, 0) is 12.8 Å². The zero-order valence-corrected chi connectivity index (χ0v) is 7.99. The summed E-state index contributed by atoms with van der Waals surface area (Å²) < 4.78 is 0. The summed E-state index contributed by atoms with van der Waals surface area (Å²) in [6.07, 6.45) is 6.03. The van der Waals surface area contributed by atoms with Crippen molar-refractivity contribution in [2.45, 2.75) is 32.1 Å². The minimum absolute atomic E-state index is 0.216. The summed E-state index contributed by atoms with van der Waals surface area (Å²) in [6, 6.07) is 0. The highest BCUT2D eigenvalue weighted by Gasteiger charge is 2.15. The number of carbonyl (C=O) groups is 1.